The van der Waals surface area contributed by atoms with E-state index in [1.54, 1.807) is 11.3 Å². The second-order valence-electron chi connectivity index (χ2n) is 3.44. The van der Waals surface area contributed by atoms with Gasteiger partial charge in [0.05, 0.1) is 6.42 Å². The van der Waals surface area contributed by atoms with E-state index in [4.69, 9.17) is 5.11 Å². The number of fused-ring (bicyclic) bond motifs is 1. The third-order valence-electron chi connectivity index (χ3n) is 2.49. The number of carboxylic acids is 1. The molecule has 2 nitrogen and oxygen atoms in total. The molecule has 13 heavy (non-hydrogen) atoms. The fourth-order valence-corrected chi connectivity index (χ4v) is 3.02. The third-order valence-corrected chi connectivity index (χ3v) is 3.63. The predicted molar refractivity (Wildman–Crippen MR) is 52.3 cm³/mol. The first-order valence-electron chi connectivity index (χ1n) is 4.57. The van der Waals surface area contributed by atoms with Gasteiger partial charge in [0.2, 0.25) is 0 Å². The summed E-state index contributed by atoms with van der Waals surface area (Å²) >= 11 is 1.73. The van der Waals surface area contributed by atoms with Gasteiger partial charge in [0.25, 0.3) is 0 Å². The van der Waals surface area contributed by atoms with Crippen LogP contribution >= 0.6 is 11.3 Å². The molecule has 0 aromatic carbocycles. The number of aryl methyl sites for hydroxylation is 1. The number of rotatable bonds is 2. The Bertz CT molecular complexity index is 328. The highest BCUT2D eigenvalue weighted by Crippen LogP contribution is 2.30. The molecule has 1 aromatic heterocycles. The molecule has 0 saturated heterocycles. The summed E-state index contributed by atoms with van der Waals surface area (Å²) in [6, 6.07) is 0. The van der Waals surface area contributed by atoms with Gasteiger partial charge in [0.15, 0.2) is 0 Å². The summed E-state index contributed by atoms with van der Waals surface area (Å²) in [7, 11) is 0. The Balaban J connectivity index is 2.26. The fraction of sp³-hybridized carbons (Fsp3) is 0.500. The maximum Gasteiger partial charge on any atom is 0.307 e. The maximum absolute atomic E-state index is 10.6. The minimum absolute atomic E-state index is 0.200. The van der Waals surface area contributed by atoms with Crippen molar-refractivity contribution in [3.8, 4) is 0 Å². The van der Waals surface area contributed by atoms with Gasteiger partial charge in [0, 0.05) is 4.88 Å². The molecule has 1 aliphatic rings. The Hall–Kier alpha value is -0.830. The van der Waals surface area contributed by atoms with E-state index in [1.165, 1.54) is 23.3 Å². The summed E-state index contributed by atoms with van der Waals surface area (Å²) in [6.45, 7) is 0. The second kappa shape index (κ2) is 3.50. The van der Waals surface area contributed by atoms with E-state index in [-0.39, 0.29) is 6.42 Å². The van der Waals surface area contributed by atoms with Crippen LogP contribution in [-0.4, -0.2) is 11.1 Å². The van der Waals surface area contributed by atoms with Crippen LogP contribution in [0.2, 0.25) is 0 Å². The lowest BCUT2D eigenvalue weighted by Crippen LogP contribution is -2.05. The van der Waals surface area contributed by atoms with Gasteiger partial charge in [-0.2, -0.15) is 0 Å². The lowest BCUT2D eigenvalue weighted by atomic mass is 9.95. The highest BCUT2D eigenvalue weighted by Gasteiger charge is 2.16. The quantitative estimate of drug-likeness (QED) is 0.787. The van der Waals surface area contributed by atoms with Gasteiger partial charge in [-0.05, 0) is 42.2 Å². The van der Waals surface area contributed by atoms with E-state index in [1.807, 2.05) is 5.38 Å². The first kappa shape index (κ1) is 8.75. The Morgan fingerprint density at radius 1 is 1.46 bits per heavy atom. The Morgan fingerprint density at radius 2 is 2.23 bits per heavy atom. The normalized spacial score (nSPS) is 15.4. The highest BCUT2D eigenvalue weighted by atomic mass is 32.1. The van der Waals surface area contributed by atoms with Gasteiger partial charge in [-0.3, -0.25) is 4.79 Å². The molecule has 1 N–H and O–H groups in total. The largest absolute Gasteiger partial charge is 0.481 e. The standard InChI is InChI=1S/C10H12O2S/c11-10(12)5-7-6-13-9-4-2-1-3-8(7)9/h6H,1-5H2,(H,11,12). The number of thiophene rings is 1. The maximum atomic E-state index is 10.6. The summed E-state index contributed by atoms with van der Waals surface area (Å²) in [6.07, 6.45) is 4.92. The van der Waals surface area contributed by atoms with Crippen LogP contribution in [0.4, 0.5) is 0 Å². The molecule has 1 aliphatic carbocycles. The zero-order chi connectivity index (χ0) is 9.26. The first-order valence-corrected chi connectivity index (χ1v) is 5.45. The molecule has 70 valence electrons. The van der Waals surface area contributed by atoms with Crippen LogP contribution < -0.4 is 0 Å². The summed E-state index contributed by atoms with van der Waals surface area (Å²) in [4.78, 5) is 12.0. The van der Waals surface area contributed by atoms with Crippen LogP contribution in [-0.2, 0) is 24.1 Å². The van der Waals surface area contributed by atoms with E-state index in [9.17, 15) is 4.79 Å². The molecule has 0 aliphatic heterocycles. The summed E-state index contributed by atoms with van der Waals surface area (Å²) in [5.41, 5.74) is 2.38. The topological polar surface area (TPSA) is 37.3 Å². The molecule has 1 aromatic rings. The van der Waals surface area contributed by atoms with E-state index < -0.39 is 5.97 Å². The summed E-state index contributed by atoms with van der Waals surface area (Å²) < 4.78 is 0. The monoisotopic (exact) mass is 196 g/mol. The van der Waals surface area contributed by atoms with Gasteiger partial charge in [0.1, 0.15) is 0 Å². The number of hydrogen-bond donors (Lipinski definition) is 1. The van der Waals surface area contributed by atoms with Crippen molar-refractivity contribution in [2.24, 2.45) is 0 Å². The number of carboxylic acid groups (broad SMARTS) is 1. The lowest BCUT2D eigenvalue weighted by molar-refractivity contribution is -0.136. The highest BCUT2D eigenvalue weighted by molar-refractivity contribution is 7.10. The number of aliphatic carboxylic acids is 1. The van der Waals surface area contributed by atoms with Crippen molar-refractivity contribution in [2.45, 2.75) is 32.1 Å². The van der Waals surface area contributed by atoms with Crippen molar-refractivity contribution in [2.75, 3.05) is 0 Å². The van der Waals surface area contributed by atoms with Crippen LogP contribution in [0.1, 0.15) is 28.8 Å². The Morgan fingerprint density at radius 3 is 3.00 bits per heavy atom. The molecular formula is C10H12O2S. The molecule has 0 radical (unpaired) electrons. The number of carbonyl (C=O) groups is 1. The van der Waals surface area contributed by atoms with Crippen LogP contribution in [0.25, 0.3) is 0 Å². The van der Waals surface area contributed by atoms with Gasteiger partial charge in [-0.1, -0.05) is 0 Å². The van der Waals surface area contributed by atoms with Crippen LogP contribution in [0.3, 0.4) is 0 Å². The molecule has 0 spiro atoms. The van der Waals surface area contributed by atoms with Gasteiger partial charge < -0.3 is 5.11 Å². The van der Waals surface area contributed by atoms with E-state index >= 15 is 0 Å². The molecule has 0 atom stereocenters. The molecule has 0 unspecified atom stereocenters. The van der Waals surface area contributed by atoms with Crippen LogP contribution in [0, 0.1) is 0 Å². The molecular weight excluding hydrogens is 184 g/mol. The van der Waals surface area contributed by atoms with Gasteiger partial charge in [-0.25, -0.2) is 0 Å². The van der Waals surface area contributed by atoms with Crippen molar-refractivity contribution < 1.29 is 9.90 Å². The van der Waals surface area contributed by atoms with Crippen molar-refractivity contribution in [3.63, 3.8) is 0 Å². The van der Waals surface area contributed by atoms with E-state index in [2.05, 4.69) is 0 Å². The zero-order valence-electron chi connectivity index (χ0n) is 7.38. The van der Waals surface area contributed by atoms with Crippen molar-refractivity contribution in [1.82, 2.24) is 0 Å². The SMILES string of the molecule is O=C(O)Cc1csc2c1CCCC2. The molecule has 1 heterocycles. The molecule has 0 amide bonds. The first-order chi connectivity index (χ1) is 6.27. The molecule has 0 saturated carbocycles. The average molecular weight is 196 g/mol. The predicted octanol–water partition coefficient (Wildman–Crippen LogP) is 2.25. The van der Waals surface area contributed by atoms with Gasteiger partial charge >= 0.3 is 5.97 Å². The summed E-state index contributed by atoms with van der Waals surface area (Å²) in [5, 5.41) is 10.7. The Labute approximate surface area is 81.2 Å². The smallest absolute Gasteiger partial charge is 0.307 e. The van der Waals surface area contributed by atoms with Crippen molar-refractivity contribution in [1.29, 1.82) is 0 Å². The lowest BCUT2D eigenvalue weighted by Gasteiger charge is -2.11. The zero-order valence-corrected chi connectivity index (χ0v) is 8.19. The molecule has 0 fully saturated rings. The van der Waals surface area contributed by atoms with Gasteiger partial charge in [-0.15, -0.1) is 11.3 Å². The molecule has 3 heteroatoms. The third kappa shape index (κ3) is 1.75. The second-order valence-corrected chi connectivity index (χ2v) is 4.40. The average Bonchev–Trinajstić information content (AvgIpc) is 2.48. The fourth-order valence-electron chi connectivity index (χ4n) is 1.87. The Kier molecular flexibility index (Phi) is 2.36. The van der Waals surface area contributed by atoms with E-state index in [0.29, 0.717) is 0 Å². The van der Waals surface area contributed by atoms with Crippen molar-refractivity contribution >= 4 is 17.3 Å². The van der Waals surface area contributed by atoms with E-state index in [0.717, 1.165) is 18.4 Å². The summed E-state index contributed by atoms with van der Waals surface area (Å²) in [5.74, 6) is -0.717. The van der Waals surface area contributed by atoms with Crippen molar-refractivity contribution in [3.05, 3.63) is 21.4 Å². The minimum atomic E-state index is -0.717. The minimum Gasteiger partial charge on any atom is -0.481 e. The van der Waals surface area contributed by atoms with Crippen LogP contribution in [0.5, 0.6) is 0 Å². The molecule has 0 bridgehead atoms. The number of hydrogen-bond acceptors (Lipinski definition) is 2. The van der Waals surface area contributed by atoms with Crippen LogP contribution in [0.15, 0.2) is 5.38 Å². The molecule has 2 rings (SSSR count).